The molecule has 1 unspecified atom stereocenters. The zero-order chi connectivity index (χ0) is 18.3. The van der Waals surface area contributed by atoms with E-state index in [1.807, 2.05) is 37.4 Å². The molecule has 2 heterocycles. The molecule has 2 aromatic heterocycles. The summed E-state index contributed by atoms with van der Waals surface area (Å²) in [5, 5.41) is 3.10. The summed E-state index contributed by atoms with van der Waals surface area (Å²) in [4.78, 5) is 30.1. The van der Waals surface area contributed by atoms with Crippen molar-refractivity contribution in [3.05, 3.63) is 50.3 Å². The number of hydrogen-bond donors (Lipinski definition) is 1. The van der Waals surface area contributed by atoms with Crippen LogP contribution >= 0.6 is 22.9 Å². The molecule has 0 fully saturated rings. The number of carbonyl (C=O) groups is 1. The van der Waals surface area contributed by atoms with Gasteiger partial charge in [-0.3, -0.25) is 14.2 Å². The Bertz CT molecular complexity index is 1040. The molecule has 5 nitrogen and oxygen atoms in total. The summed E-state index contributed by atoms with van der Waals surface area (Å²) < 4.78 is 1.41. The number of rotatable bonds is 4. The highest BCUT2D eigenvalue weighted by atomic mass is 35.5. The van der Waals surface area contributed by atoms with Gasteiger partial charge < -0.3 is 5.73 Å². The van der Waals surface area contributed by atoms with Crippen molar-refractivity contribution in [2.75, 3.05) is 0 Å². The van der Waals surface area contributed by atoms with Crippen molar-refractivity contribution >= 4 is 39.1 Å². The standard InChI is InChI=1S/C18H18ClN3O2S/c1-4-14(16(20)23)22-10(3)21-17-15(18(22)24)12(8-25-17)11-5-6-13(19)9(2)7-11/h5-8,14H,4H2,1-3H3,(H2,20,23). The number of aromatic nitrogens is 2. The lowest BCUT2D eigenvalue weighted by atomic mass is 10.0. The second-order valence-electron chi connectivity index (χ2n) is 5.95. The molecular weight excluding hydrogens is 358 g/mol. The summed E-state index contributed by atoms with van der Waals surface area (Å²) in [6, 6.07) is 4.93. The maximum absolute atomic E-state index is 13.2. The first-order chi connectivity index (χ1) is 11.8. The van der Waals surface area contributed by atoms with E-state index in [4.69, 9.17) is 17.3 Å². The van der Waals surface area contributed by atoms with Gasteiger partial charge in [0.25, 0.3) is 5.56 Å². The first-order valence-corrected chi connectivity index (χ1v) is 9.17. The maximum atomic E-state index is 13.2. The van der Waals surface area contributed by atoms with Gasteiger partial charge in [-0.05, 0) is 43.5 Å². The van der Waals surface area contributed by atoms with Crippen molar-refractivity contribution in [1.82, 2.24) is 9.55 Å². The second-order valence-corrected chi connectivity index (χ2v) is 7.22. The lowest BCUT2D eigenvalue weighted by molar-refractivity contribution is -0.121. The van der Waals surface area contributed by atoms with Crippen LogP contribution in [0.15, 0.2) is 28.4 Å². The number of carbonyl (C=O) groups excluding carboxylic acids is 1. The minimum absolute atomic E-state index is 0.239. The Kier molecular flexibility index (Phi) is 4.67. The van der Waals surface area contributed by atoms with E-state index < -0.39 is 11.9 Å². The zero-order valence-electron chi connectivity index (χ0n) is 14.2. The Labute approximate surface area is 154 Å². The molecule has 0 aliphatic rings. The second kappa shape index (κ2) is 6.61. The Balaban J connectivity index is 2.32. The van der Waals surface area contributed by atoms with Crippen molar-refractivity contribution < 1.29 is 4.79 Å². The molecule has 1 atom stereocenters. The quantitative estimate of drug-likeness (QED) is 0.752. The topological polar surface area (TPSA) is 78.0 Å². The van der Waals surface area contributed by atoms with Crippen molar-refractivity contribution in [3.63, 3.8) is 0 Å². The van der Waals surface area contributed by atoms with Gasteiger partial charge in [-0.2, -0.15) is 0 Å². The summed E-state index contributed by atoms with van der Waals surface area (Å²) >= 11 is 7.52. The SMILES string of the molecule is CCC(C(N)=O)n1c(C)nc2scc(-c3ccc(Cl)c(C)c3)c2c1=O. The van der Waals surface area contributed by atoms with E-state index >= 15 is 0 Å². The van der Waals surface area contributed by atoms with Crippen LogP contribution in [0.3, 0.4) is 0 Å². The van der Waals surface area contributed by atoms with Gasteiger partial charge in [-0.25, -0.2) is 4.98 Å². The monoisotopic (exact) mass is 375 g/mol. The molecule has 3 rings (SSSR count). The van der Waals surface area contributed by atoms with Crippen LogP contribution in [0.2, 0.25) is 5.02 Å². The van der Waals surface area contributed by atoms with Crippen LogP contribution in [0.25, 0.3) is 21.3 Å². The summed E-state index contributed by atoms with van der Waals surface area (Å²) in [7, 11) is 0. The highest BCUT2D eigenvalue weighted by Crippen LogP contribution is 2.33. The van der Waals surface area contributed by atoms with Crippen LogP contribution in [0.5, 0.6) is 0 Å². The van der Waals surface area contributed by atoms with E-state index in [1.165, 1.54) is 15.9 Å². The van der Waals surface area contributed by atoms with Gasteiger partial charge in [-0.1, -0.05) is 24.6 Å². The van der Waals surface area contributed by atoms with E-state index in [0.29, 0.717) is 27.5 Å². The van der Waals surface area contributed by atoms with Gasteiger partial charge in [0.2, 0.25) is 5.91 Å². The molecule has 0 spiro atoms. The van der Waals surface area contributed by atoms with Gasteiger partial charge in [-0.15, -0.1) is 11.3 Å². The fourth-order valence-electron chi connectivity index (χ4n) is 3.01. The number of benzene rings is 1. The highest BCUT2D eigenvalue weighted by Gasteiger charge is 2.23. The molecule has 0 bridgehead atoms. The Hall–Kier alpha value is -2.18. The van der Waals surface area contributed by atoms with Crippen LogP contribution in [0, 0.1) is 13.8 Å². The molecular formula is C18H18ClN3O2S. The first kappa shape index (κ1) is 17.6. The number of nitrogens with two attached hydrogens (primary N) is 1. The number of aryl methyl sites for hydroxylation is 2. The zero-order valence-corrected chi connectivity index (χ0v) is 15.7. The van der Waals surface area contributed by atoms with E-state index in [9.17, 15) is 9.59 Å². The highest BCUT2D eigenvalue weighted by molar-refractivity contribution is 7.17. The molecule has 1 aromatic carbocycles. The molecule has 0 aliphatic carbocycles. The van der Waals surface area contributed by atoms with E-state index in [2.05, 4.69) is 4.98 Å². The van der Waals surface area contributed by atoms with Crippen LogP contribution in [0.1, 0.15) is 30.8 Å². The lowest BCUT2D eigenvalue weighted by Gasteiger charge is -2.17. The average molecular weight is 376 g/mol. The molecule has 2 N–H and O–H groups in total. The van der Waals surface area contributed by atoms with Gasteiger partial charge in [0.15, 0.2) is 0 Å². The largest absolute Gasteiger partial charge is 0.368 e. The van der Waals surface area contributed by atoms with Crippen molar-refractivity contribution in [1.29, 1.82) is 0 Å². The van der Waals surface area contributed by atoms with Gasteiger partial charge in [0.05, 0.1) is 5.39 Å². The third-order valence-corrected chi connectivity index (χ3v) is 5.61. The Morgan fingerprint density at radius 1 is 1.40 bits per heavy atom. The summed E-state index contributed by atoms with van der Waals surface area (Å²) in [6.45, 7) is 5.46. The third kappa shape index (κ3) is 2.96. The molecule has 0 saturated carbocycles. The fraction of sp³-hybridized carbons (Fsp3) is 0.278. The van der Waals surface area contributed by atoms with Gasteiger partial charge >= 0.3 is 0 Å². The maximum Gasteiger partial charge on any atom is 0.263 e. The number of halogens is 1. The number of hydrogen-bond acceptors (Lipinski definition) is 4. The molecule has 130 valence electrons. The molecule has 0 saturated heterocycles. The summed E-state index contributed by atoms with van der Waals surface area (Å²) in [6.07, 6.45) is 0.433. The molecule has 25 heavy (non-hydrogen) atoms. The van der Waals surface area contributed by atoms with E-state index in [-0.39, 0.29) is 5.56 Å². The lowest BCUT2D eigenvalue weighted by Crippen LogP contribution is -2.35. The van der Waals surface area contributed by atoms with Gasteiger partial charge in [0, 0.05) is 16.0 Å². The summed E-state index contributed by atoms with van der Waals surface area (Å²) in [5.41, 5.74) is 7.87. The predicted octanol–water partition coefficient (Wildman–Crippen LogP) is 3.83. The molecule has 7 heteroatoms. The number of primary amides is 1. The first-order valence-electron chi connectivity index (χ1n) is 7.91. The summed E-state index contributed by atoms with van der Waals surface area (Å²) in [5.74, 6) is -0.0446. The van der Waals surface area contributed by atoms with Crippen LogP contribution in [-0.2, 0) is 4.79 Å². The normalized spacial score (nSPS) is 12.5. The minimum Gasteiger partial charge on any atom is -0.368 e. The van der Waals surface area contributed by atoms with Gasteiger partial charge in [0.1, 0.15) is 16.7 Å². The number of thiophene rings is 1. The van der Waals surface area contributed by atoms with Crippen molar-refractivity contribution in [3.8, 4) is 11.1 Å². The molecule has 0 aliphatic heterocycles. The minimum atomic E-state index is -0.705. The molecule has 3 aromatic rings. The van der Waals surface area contributed by atoms with Crippen LogP contribution < -0.4 is 11.3 Å². The van der Waals surface area contributed by atoms with Crippen LogP contribution in [0.4, 0.5) is 0 Å². The third-order valence-electron chi connectivity index (χ3n) is 4.31. The van der Waals surface area contributed by atoms with Crippen molar-refractivity contribution in [2.24, 2.45) is 5.73 Å². The number of nitrogens with zero attached hydrogens (tertiary/aromatic N) is 2. The van der Waals surface area contributed by atoms with Crippen LogP contribution in [-0.4, -0.2) is 15.5 Å². The predicted molar refractivity (Wildman–Crippen MR) is 102 cm³/mol. The smallest absolute Gasteiger partial charge is 0.263 e. The Morgan fingerprint density at radius 2 is 2.12 bits per heavy atom. The fourth-order valence-corrected chi connectivity index (χ4v) is 4.11. The molecule has 0 radical (unpaired) electrons. The Morgan fingerprint density at radius 3 is 2.72 bits per heavy atom. The van der Waals surface area contributed by atoms with E-state index in [0.717, 1.165) is 16.7 Å². The molecule has 1 amide bonds. The number of fused-ring (bicyclic) bond motifs is 1. The number of amides is 1. The van der Waals surface area contributed by atoms with E-state index in [1.54, 1.807) is 6.92 Å². The average Bonchev–Trinajstić information content (AvgIpc) is 2.97. The van der Waals surface area contributed by atoms with Crippen molar-refractivity contribution in [2.45, 2.75) is 33.2 Å².